The van der Waals surface area contributed by atoms with Crippen molar-refractivity contribution in [3.8, 4) is 22.6 Å². The van der Waals surface area contributed by atoms with Crippen molar-refractivity contribution >= 4 is 22.8 Å². The smallest absolute Gasteiger partial charge is 0.196 e. The number of nitrogens with zero attached hydrogens (tertiary/aromatic N) is 1. The third kappa shape index (κ3) is 3.13. The molecule has 5 rings (SSSR count). The normalized spacial score (nSPS) is 11.6. The van der Waals surface area contributed by atoms with E-state index in [2.05, 4.69) is 4.90 Å². The molecular formula is C27H21NO3. The molecule has 0 aliphatic heterocycles. The summed E-state index contributed by atoms with van der Waals surface area (Å²) in [5.41, 5.74) is 6.11. The van der Waals surface area contributed by atoms with Gasteiger partial charge in [-0.1, -0.05) is 36.4 Å². The Morgan fingerprint density at radius 1 is 0.581 bits per heavy atom. The lowest BCUT2D eigenvalue weighted by molar-refractivity contribution is 0.104. The van der Waals surface area contributed by atoms with Crippen LogP contribution in [0.25, 0.3) is 11.1 Å². The van der Waals surface area contributed by atoms with Gasteiger partial charge in [0.05, 0.1) is 25.5 Å². The standard InChI is InChI=1S/C27H21NO3/c1-30-20-14-10-18(11-15-20)28(19-12-16-21(31-2)17-13-19)25-9-5-8-23-22-6-3-4-7-24(22)27(29)26(23)25/h3-17H,1-2H3. The summed E-state index contributed by atoms with van der Waals surface area (Å²) in [4.78, 5) is 15.5. The maximum Gasteiger partial charge on any atom is 0.196 e. The highest BCUT2D eigenvalue weighted by Gasteiger charge is 2.31. The largest absolute Gasteiger partial charge is 0.497 e. The van der Waals surface area contributed by atoms with E-state index in [0.717, 1.165) is 50.8 Å². The Morgan fingerprint density at radius 2 is 1.10 bits per heavy atom. The van der Waals surface area contributed by atoms with Gasteiger partial charge in [0.15, 0.2) is 5.78 Å². The monoisotopic (exact) mass is 407 g/mol. The first kappa shape index (κ1) is 18.9. The van der Waals surface area contributed by atoms with Crippen LogP contribution in [0, 0.1) is 0 Å². The first-order valence-electron chi connectivity index (χ1n) is 10.1. The highest BCUT2D eigenvalue weighted by atomic mass is 16.5. The molecule has 0 unspecified atom stereocenters. The van der Waals surface area contributed by atoms with Gasteiger partial charge in [-0.2, -0.15) is 0 Å². The van der Waals surface area contributed by atoms with E-state index in [9.17, 15) is 4.79 Å². The number of anilines is 3. The lowest BCUT2D eigenvalue weighted by atomic mass is 10.0. The van der Waals surface area contributed by atoms with Crippen LogP contribution >= 0.6 is 0 Å². The average molecular weight is 407 g/mol. The van der Waals surface area contributed by atoms with E-state index in [0.29, 0.717) is 0 Å². The first-order valence-corrected chi connectivity index (χ1v) is 10.1. The number of fused-ring (bicyclic) bond motifs is 3. The number of rotatable bonds is 5. The fourth-order valence-corrected chi connectivity index (χ4v) is 4.13. The van der Waals surface area contributed by atoms with E-state index >= 15 is 0 Å². The van der Waals surface area contributed by atoms with Crippen molar-refractivity contribution in [2.45, 2.75) is 0 Å². The van der Waals surface area contributed by atoms with Crippen molar-refractivity contribution in [2.24, 2.45) is 0 Å². The Balaban J connectivity index is 1.72. The predicted molar refractivity (Wildman–Crippen MR) is 123 cm³/mol. The maximum absolute atomic E-state index is 13.4. The van der Waals surface area contributed by atoms with Crippen molar-refractivity contribution in [1.29, 1.82) is 0 Å². The van der Waals surface area contributed by atoms with Gasteiger partial charge in [0.2, 0.25) is 0 Å². The summed E-state index contributed by atoms with van der Waals surface area (Å²) in [6.07, 6.45) is 0. The van der Waals surface area contributed by atoms with E-state index in [4.69, 9.17) is 9.47 Å². The molecule has 4 heteroatoms. The molecule has 4 nitrogen and oxygen atoms in total. The van der Waals surface area contributed by atoms with Gasteiger partial charge in [-0.05, 0) is 65.7 Å². The van der Waals surface area contributed by atoms with Crippen LogP contribution in [0.5, 0.6) is 11.5 Å². The molecule has 0 aromatic heterocycles. The number of carbonyl (C=O) groups excluding carboxylic acids is 1. The molecule has 1 aliphatic rings. The molecule has 0 amide bonds. The van der Waals surface area contributed by atoms with Crippen LogP contribution in [0.2, 0.25) is 0 Å². The molecule has 0 radical (unpaired) electrons. The van der Waals surface area contributed by atoms with Crippen molar-refractivity contribution in [3.63, 3.8) is 0 Å². The molecule has 0 atom stereocenters. The fraction of sp³-hybridized carbons (Fsp3) is 0.0741. The molecule has 0 saturated heterocycles. The number of ether oxygens (including phenoxy) is 2. The fourth-order valence-electron chi connectivity index (χ4n) is 4.13. The van der Waals surface area contributed by atoms with Crippen molar-refractivity contribution in [2.75, 3.05) is 19.1 Å². The van der Waals surface area contributed by atoms with Gasteiger partial charge in [0.25, 0.3) is 0 Å². The Kier molecular flexibility index (Phi) is 4.68. The Hall–Kier alpha value is -4.05. The van der Waals surface area contributed by atoms with Gasteiger partial charge in [-0.25, -0.2) is 0 Å². The molecule has 152 valence electrons. The van der Waals surface area contributed by atoms with Crippen LogP contribution in [-0.4, -0.2) is 20.0 Å². The average Bonchev–Trinajstić information content (AvgIpc) is 3.13. The number of benzene rings is 4. The number of carbonyl (C=O) groups is 1. The minimum Gasteiger partial charge on any atom is -0.497 e. The maximum atomic E-state index is 13.4. The van der Waals surface area contributed by atoms with Crippen molar-refractivity contribution in [1.82, 2.24) is 0 Å². The van der Waals surface area contributed by atoms with Crippen LogP contribution in [-0.2, 0) is 0 Å². The molecule has 4 aromatic carbocycles. The van der Waals surface area contributed by atoms with Gasteiger partial charge in [0, 0.05) is 16.9 Å². The molecule has 1 aliphatic carbocycles. The quantitative estimate of drug-likeness (QED) is 0.339. The second kappa shape index (κ2) is 7.65. The van der Waals surface area contributed by atoms with Crippen molar-refractivity contribution in [3.05, 3.63) is 102 Å². The van der Waals surface area contributed by atoms with E-state index in [1.54, 1.807) is 14.2 Å². The van der Waals surface area contributed by atoms with Gasteiger partial charge >= 0.3 is 0 Å². The molecule has 31 heavy (non-hydrogen) atoms. The van der Waals surface area contributed by atoms with E-state index in [1.165, 1.54) is 0 Å². The summed E-state index contributed by atoms with van der Waals surface area (Å²) >= 11 is 0. The van der Waals surface area contributed by atoms with E-state index in [1.807, 2.05) is 91.0 Å². The van der Waals surface area contributed by atoms with Crippen LogP contribution in [0.1, 0.15) is 15.9 Å². The summed E-state index contributed by atoms with van der Waals surface area (Å²) in [6, 6.07) is 29.5. The third-order valence-electron chi connectivity index (χ3n) is 5.63. The minimum atomic E-state index is 0.0493. The summed E-state index contributed by atoms with van der Waals surface area (Å²) in [7, 11) is 3.30. The summed E-state index contributed by atoms with van der Waals surface area (Å²) in [5.74, 6) is 1.61. The Bertz CT molecular complexity index is 1210. The number of methoxy groups -OCH3 is 2. The van der Waals surface area contributed by atoms with Gasteiger partial charge in [0.1, 0.15) is 11.5 Å². The second-order valence-corrected chi connectivity index (χ2v) is 7.31. The molecule has 0 spiro atoms. The molecule has 0 bridgehead atoms. The second-order valence-electron chi connectivity index (χ2n) is 7.31. The zero-order chi connectivity index (χ0) is 21.4. The Morgan fingerprint density at radius 3 is 1.65 bits per heavy atom. The van der Waals surface area contributed by atoms with Crippen LogP contribution in [0.15, 0.2) is 91.0 Å². The SMILES string of the molecule is COc1ccc(N(c2ccc(OC)cc2)c2cccc3c2C(=O)c2ccccc2-3)cc1. The summed E-state index contributed by atoms with van der Waals surface area (Å²) in [6.45, 7) is 0. The molecule has 0 N–H and O–H groups in total. The molecule has 0 heterocycles. The summed E-state index contributed by atoms with van der Waals surface area (Å²) in [5, 5.41) is 0. The highest BCUT2D eigenvalue weighted by molar-refractivity contribution is 6.25. The highest BCUT2D eigenvalue weighted by Crippen LogP contribution is 2.45. The van der Waals surface area contributed by atoms with Crippen LogP contribution in [0.4, 0.5) is 17.1 Å². The number of hydrogen-bond donors (Lipinski definition) is 0. The van der Waals surface area contributed by atoms with Gasteiger partial charge in [-0.15, -0.1) is 0 Å². The topological polar surface area (TPSA) is 38.8 Å². The third-order valence-corrected chi connectivity index (χ3v) is 5.63. The van der Waals surface area contributed by atoms with Crippen LogP contribution in [0.3, 0.4) is 0 Å². The van der Waals surface area contributed by atoms with Gasteiger partial charge in [-0.3, -0.25) is 4.79 Å². The first-order chi connectivity index (χ1) is 15.2. The predicted octanol–water partition coefficient (Wildman–Crippen LogP) is 6.39. The number of hydrogen-bond acceptors (Lipinski definition) is 4. The van der Waals surface area contributed by atoms with E-state index in [-0.39, 0.29) is 5.78 Å². The van der Waals surface area contributed by atoms with Crippen molar-refractivity contribution < 1.29 is 14.3 Å². The lowest BCUT2D eigenvalue weighted by Crippen LogP contribution is -2.13. The van der Waals surface area contributed by atoms with E-state index < -0.39 is 0 Å². The molecular weight excluding hydrogens is 386 g/mol. The number of ketones is 1. The van der Waals surface area contributed by atoms with Crippen LogP contribution < -0.4 is 14.4 Å². The molecule has 0 saturated carbocycles. The Labute approximate surface area is 181 Å². The minimum absolute atomic E-state index is 0.0493. The zero-order valence-electron chi connectivity index (χ0n) is 17.3. The molecule has 4 aromatic rings. The zero-order valence-corrected chi connectivity index (χ0v) is 17.3. The summed E-state index contributed by atoms with van der Waals surface area (Å²) < 4.78 is 10.7. The molecule has 0 fully saturated rings. The lowest BCUT2D eigenvalue weighted by Gasteiger charge is -2.27. The van der Waals surface area contributed by atoms with Gasteiger partial charge < -0.3 is 14.4 Å².